The number of nitro groups is 2. The number of rotatable bonds is 6. The summed E-state index contributed by atoms with van der Waals surface area (Å²) in [6.07, 6.45) is -3.39. The van der Waals surface area contributed by atoms with Gasteiger partial charge in [0.25, 0.3) is 5.69 Å². The summed E-state index contributed by atoms with van der Waals surface area (Å²) in [4.78, 5) is 24.7. The Kier molecular flexibility index (Phi) is 6.53. The number of hydrogen-bond donors (Lipinski definition) is 0. The van der Waals surface area contributed by atoms with E-state index < -0.39 is 27.3 Å². The molecule has 0 bridgehead atoms. The van der Waals surface area contributed by atoms with Crippen molar-refractivity contribution in [3.63, 3.8) is 0 Å². The van der Waals surface area contributed by atoms with Gasteiger partial charge in [-0.25, -0.2) is 0 Å². The van der Waals surface area contributed by atoms with E-state index in [1.54, 1.807) is 12.1 Å². The maximum atomic E-state index is 12.9. The number of benzene rings is 3. The first-order valence-corrected chi connectivity index (χ1v) is 9.45. The van der Waals surface area contributed by atoms with E-state index in [2.05, 4.69) is 20.9 Å². The van der Waals surface area contributed by atoms with Crippen molar-refractivity contribution in [3.8, 4) is 11.5 Å². The molecular formula is C20H11BrF3N3O5. The second-order valence-electron chi connectivity index (χ2n) is 6.25. The Morgan fingerprint density at radius 1 is 0.906 bits per heavy atom. The molecule has 3 rings (SSSR count). The van der Waals surface area contributed by atoms with Crippen LogP contribution in [0.4, 0.5) is 30.2 Å². The van der Waals surface area contributed by atoms with Gasteiger partial charge >= 0.3 is 11.9 Å². The van der Waals surface area contributed by atoms with Gasteiger partial charge in [-0.15, -0.1) is 0 Å². The summed E-state index contributed by atoms with van der Waals surface area (Å²) in [5.74, 6) is -0.281. The van der Waals surface area contributed by atoms with Gasteiger partial charge in [-0.2, -0.15) is 13.2 Å². The topological polar surface area (TPSA) is 108 Å². The number of ether oxygens (including phenoxy) is 1. The predicted molar refractivity (Wildman–Crippen MR) is 113 cm³/mol. The number of alkyl halides is 3. The van der Waals surface area contributed by atoms with Gasteiger partial charge in [0, 0.05) is 34.4 Å². The van der Waals surface area contributed by atoms with Crippen LogP contribution in [0.1, 0.15) is 11.1 Å². The fourth-order valence-corrected chi connectivity index (χ4v) is 2.94. The number of aliphatic imine (C=N–C) groups is 1. The molecular weight excluding hydrogens is 499 g/mol. The molecule has 0 radical (unpaired) electrons. The smallest absolute Gasteiger partial charge is 0.416 e. The highest BCUT2D eigenvalue weighted by Gasteiger charge is 2.33. The predicted octanol–water partition coefficient (Wildman–Crippen LogP) is 6.83. The maximum absolute atomic E-state index is 12.9. The molecule has 3 aromatic carbocycles. The van der Waals surface area contributed by atoms with Crippen LogP contribution in [0.5, 0.6) is 11.5 Å². The molecule has 0 aromatic heterocycles. The van der Waals surface area contributed by atoms with Gasteiger partial charge in [0.15, 0.2) is 0 Å². The first-order valence-electron chi connectivity index (χ1n) is 8.66. The number of halogens is 4. The Bertz CT molecular complexity index is 1210. The summed E-state index contributed by atoms with van der Waals surface area (Å²) in [5.41, 5.74) is -1.38. The van der Waals surface area contributed by atoms with E-state index in [0.717, 1.165) is 6.07 Å². The molecule has 0 aliphatic heterocycles. The van der Waals surface area contributed by atoms with Crippen LogP contribution in [-0.2, 0) is 6.18 Å². The van der Waals surface area contributed by atoms with Crippen molar-refractivity contribution in [1.29, 1.82) is 0 Å². The quantitative estimate of drug-likeness (QED) is 0.205. The lowest BCUT2D eigenvalue weighted by molar-refractivity contribution is -0.385. The molecule has 0 saturated carbocycles. The first kappa shape index (κ1) is 22.9. The molecule has 32 heavy (non-hydrogen) atoms. The molecule has 0 spiro atoms. The highest BCUT2D eigenvalue weighted by atomic mass is 79.9. The van der Waals surface area contributed by atoms with Gasteiger partial charge < -0.3 is 4.74 Å². The van der Waals surface area contributed by atoms with Crippen LogP contribution in [-0.4, -0.2) is 16.1 Å². The Balaban J connectivity index is 1.95. The van der Waals surface area contributed by atoms with Gasteiger partial charge in [0.05, 0.1) is 21.1 Å². The molecule has 0 atom stereocenters. The van der Waals surface area contributed by atoms with Crippen LogP contribution in [0.25, 0.3) is 0 Å². The van der Waals surface area contributed by atoms with E-state index in [1.165, 1.54) is 36.5 Å². The SMILES string of the molecule is O=[N+]([O-])c1ccc(N=Cc2cc(Br)ccc2Oc2ccc(C(F)(F)F)cc2[N+](=O)[O-])cc1. The summed E-state index contributed by atoms with van der Waals surface area (Å²) >= 11 is 3.28. The van der Waals surface area contributed by atoms with E-state index in [0.29, 0.717) is 27.9 Å². The van der Waals surface area contributed by atoms with Crippen molar-refractivity contribution in [1.82, 2.24) is 0 Å². The zero-order chi connectivity index (χ0) is 23.5. The molecule has 0 amide bonds. The minimum Gasteiger partial charge on any atom is -0.449 e. The summed E-state index contributed by atoms with van der Waals surface area (Å²) < 4.78 is 44.9. The zero-order valence-electron chi connectivity index (χ0n) is 15.7. The Morgan fingerprint density at radius 2 is 1.56 bits per heavy atom. The number of nitro benzene ring substituents is 2. The lowest BCUT2D eigenvalue weighted by Crippen LogP contribution is -2.06. The van der Waals surface area contributed by atoms with Crippen LogP contribution in [0, 0.1) is 20.2 Å². The molecule has 0 aliphatic carbocycles. The van der Waals surface area contributed by atoms with Crippen LogP contribution in [0.2, 0.25) is 0 Å². The third kappa shape index (κ3) is 5.46. The van der Waals surface area contributed by atoms with Crippen molar-refractivity contribution < 1.29 is 27.8 Å². The molecule has 0 N–H and O–H groups in total. The van der Waals surface area contributed by atoms with Gasteiger partial charge in [-0.3, -0.25) is 25.2 Å². The monoisotopic (exact) mass is 509 g/mol. The third-order valence-electron chi connectivity index (χ3n) is 4.09. The van der Waals surface area contributed by atoms with Gasteiger partial charge in [0.2, 0.25) is 5.75 Å². The molecule has 12 heteroatoms. The maximum Gasteiger partial charge on any atom is 0.416 e. The van der Waals surface area contributed by atoms with Crippen LogP contribution in [0.3, 0.4) is 0 Å². The van der Waals surface area contributed by atoms with E-state index in [9.17, 15) is 33.4 Å². The standard InChI is InChI=1S/C20H11BrF3N3O5/c21-14-2-8-18(12(9-14)11-25-15-3-5-16(6-4-15)26(28)29)32-19-7-1-13(20(22,23)24)10-17(19)27(30)31/h1-11H. The molecule has 164 valence electrons. The fraction of sp³-hybridized carbons (Fsp3) is 0.0500. The number of non-ortho nitro benzene ring substituents is 1. The van der Waals surface area contributed by atoms with Crippen molar-refractivity contribution in [3.05, 3.63) is 96.5 Å². The molecule has 0 fully saturated rings. The van der Waals surface area contributed by atoms with E-state index >= 15 is 0 Å². The lowest BCUT2D eigenvalue weighted by Gasteiger charge is -2.11. The van der Waals surface area contributed by atoms with Gasteiger partial charge in [-0.1, -0.05) is 15.9 Å². The minimum atomic E-state index is -4.75. The normalized spacial score (nSPS) is 11.5. The molecule has 3 aromatic rings. The third-order valence-corrected chi connectivity index (χ3v) is 4.58. The van der Waals surface area contributed by atoms with Crippen molar-refractivity contribution in [2.24, 2.45) is 4.99 Å². The minimum absolute atomic E-state index is 0.0988. The second kappa shape index (κ2) is 9.14. The van der Waals surface area contributed by atoms with Crippen LogP contribution < -0.4 is 4.74 Å². The van der Waals surface area contributed by atoms with Crippen molar-refractivity contribution in [2.75, 3.05) is 0 Å². The largest absolute Gasteiger partial charge is 0.449 e. The highest BCUT2D eigenvalue weighted by Crippen LogP contribution is 2.38. The fourth-order valence-electron chi connectivity index (χ4n) is 2.56. The Morgan fingerprint density at radius 3 is 2.16 bits per heavy atom. The Labute approximate surface area is 186 Å². The highest BCUT2D eigenvalue weighted by molar-refractivity contribution is 9.10. The molecule has 0 aliphatic rings. The second-order valence-corrected chi connectivity index (χ2v) is 7.17. The summed E-state index contributed by atoms with van der Waals surface area (Å²) in [6, 6.07) is 12.0. The summed E-state index contributed by atoms with van der Waals surface area (Å²) in [6.45, 7) is 0. The average Bonchev–Trinajstić information content (AvgIpc) is 2.73. The first-order chi connectivity index (χ1) is 15.0. The summed E-state index contributed by atoms with van der Waals surface area (Å²) in [7, 11) is 0. The molecule has 0 saturated heterocycles. The van der Waals surface area contributed by atoms with Crippen LogP contribution >= 0.6 is 15.9 Å². The summed E-state index contributed by atoms with van der Waals surface area (Å²) in [5, 5.41) is 22.0. The van der Waals surface area contributed by atoms with E-state index in [4.69, 9.17) is 4.74 Å². The van der Waals surface area contributed by atoms with Gasteiger partial charge in [-0.05, 0) is 42.5 Å². The van der Waals surface area contributed by atoms with Crippen molar-refractivity contribution >= 4 is 39.2 Å². The van der Waals surface area contributed by atoms with Crippen LogP contribution in [0.15, 0.2) is 70.1 Å². The zero-order valence-corrected chi connectivity index (χ0v) is 17.3. The molecule has 0 heterocycles. The lowest BCUT2D eigenvalue weighted by atomic mass is 10.1. The Hall–Kier alpha value is -3.80. The molecule has 8 nitrogen and oxygen atoms in total. The van der Waals surface area contributed by atoms with Gasteiger partial charge in [0.1, 0.15) is 5.75 Å². The van der Waals surface area contributed by atoms with Crippen molar-refractivity contribution in [2.45, 2.75) is 6.18 Å². The average molecular weight is 510 g/mol. The number of nitrogens with zero attached hydrogens (tertiary/aromatic N) is 3. The van der Waals surface area contributed by atoms with E-state index in [-0.39, 0.29) is 17.2 Å². The van der Waals surface area contributed by atoms with E-state index in [1.807, 2.05) is 0 Å². The number of hydrogen-bond acceptors (Lipinski definition) is 6. The molecule has 0 unspecified atom stereocenters.